The molecule has 23 heavy (non-hydrogen) atoms. The van der Waals surface area contributed by atoms with E-state index in [9.17, 15) is 9.59 Å². The highest BCUT2D eigenvalue weighted by Crippen LogP contribution is 2.09. The maximum absolute atomic E-state index is 11.9. The minimum absolute atomic E-state index is 0.325. The van der Waals surface area contributed by atoms with Crippen LogP contribution in [0.3, 0.4) is 0 Å². The molecule has 1 amide bonds. The Kier molecular flexibility index (Phi) is 14.4. The Morgan fingerprint density at radius 1 is 1.04 bits per heavy atom. The van der Waals surface area contributed by atoms with Crippen LogP contribution >= 0.6 is 0 Å². The van der Waals surface area contributed by atoms with E-state index >= 15 is 0 Å². The predicted molar refractivity (Wildman–Crippen MR) is 92.3 cm³/mol. The van der Waals surface area contributed by atoms with Gasteiger partial charge >= 0.3 is 12.1 Å². The lowest BCUT2D eigenvalue weighted by Gasteiger charge is -2.15. The first-order valence-corrected chi connectivity index (χ1v) is 8.77. The van der Waals surface area contributed by atoms with Gasteiger partial charge in [0.1, 0.15) is 6.04 Å². The van der Waals surface area contributed by atoms with E-state index in [4.69, 9.17) is 4.74 Å². The standard InChI is InChI=1S/C18H33NO4/c1-4-6-7-8-9-10-11-12-13-15-23-17(20)16(14-5-2)19-18(21)22-3/h5,16H,2,4,6-15H2,1,3H3,(H,19,21). The van der Waals surface area contributed by atoms with Crippen LogP contribution in [-0.4, -0.2) is 31.8 Å². The fraction of sp³-hybridized carbons (Fsp3) is 0.778. The normalized spacial score (nSPS) is 11.6. The number of carbonyl (C=O) groups is 2. The van der Waals surface area contributed by atoms with Gasteiger partial charge in [0.05, 0.1) is 13.7 Å². The number of methoxy groups -OCH3 is 1. The van der Waals surface area contributed by atoms with E-state index in [1.54, 1.807) is 6.08 Å². The number of alkyl carbamates (subject to hydrolysis) is 1. The van der Waals surface area contributed by atoms with Gasteiger partial charge in [-0.25, -0.2) is 9.59 Å². The Morgan fingerprint density at radius 2 is 1.61 bits per heavy atom. The highest BCUT2D eigenvalue weighted by atomic mass is 16.5. The summed E-state index contributed by atoms with van der Waals surface area (Å²) in [4.78, 5) is 23.0. The third-order valence-corrected chi connectivity index (χ3v) is 3.66. The van der Waals surface area contributed by atoms with Gasteiger partial charge in [0, 0.05) is 0 Å². The number of unbranched alkanes of at least 4 members (excludes halogenated alkanes) is 8. The van der Waals surface area contributed by atoms with Gasteiger partial charge < -0.3 is 14.8 Å². The van der Waals surface area contributed by atoms with E-state index in [0.29, 0.717) is 13.0 Å². The second-order valence-corrected chi connectivity index (χ2v) is 5.71. The Labute approximate surface area is 140 Å². The number of nitrogens with one attached hydrogen (secondary N) is 1. The lowest BCUT2D eigenvalue weighted by Crippen LogP contribution is -2.41. The number of carbonyl (C=O) groups excluding carboxylic acids is 2. The van der Waals surface area contributed by atoms with Crippen molar-refractivity contribution in [3.05, 3.63) is 12.7 Å². The van der Waals surface area contributed by atoms with Crippen molar-refractivity contribution in [2.75, 3.05) is 13.7 Å². The van der Waals surface area contributed by atoms with Crippen molar-refractivity contribution < 1.29 is 19.1 Å². The molecule has 0 aromatic heterocycles. The zero-order valence-electron chi connectivity index (χ0n) is 14.8. The van der Waals surface area contributed by atoms with Gasteiger partial charge in [0.2, 0.25) is 0 Å². The minimum atomic E-state index is -0.724. The van der Waals surface area contributed by atoms with Crippen LogP contribution in [0.2, 0.25) is 0 Å². The third kappa shape index (κ3) is 12.7. The Morgan fingerprint density at radius 3 is 2.13 bits per heavy atom. The summed E-state index contributed by atoms with van der Waals surface area (Å²) >= 11 is 0. The summed E-state index contributed by atoms with van der Waals surface area (Å²) in [7, 11) is 1.26. The Hall–Kier alpha value is -1.52. The molecule has 0 saturated carbocycles. The summed E-state index contributed by atoms with van der Waals surface area (Å²) in [5, 5.41) is 2.45. The molecule has 0 fully saturated rings. The summed E-state index contributed by atoms with van der Waals surface area (Å²) in [6.45, 7) is 6.19. The van der Waals surface area contributed by atoms with Crippen LogP contribution in [0.1, 0.15) is 71.1 Å². The van der Waals surface area contributed by atoms with Crippen LogP contribution in [0.25, 0.3) is 0 Å². The highest BCUT2D eigenvalue weighted by Gasteiger charge is 2.20. The van der Waals surface area contributed by atoms with Crippen LogP contribution in [0.5, 0.6) is 0 Å². The van der Waals surface area contributed by atoms with Crippen molar-refractivity contribution >= 4 is 12.1 Å². The molecule has 5 heteroatoms. The molecule has 0 aromatic rings. The van der Waals surface area contributed by atoms with Gasteiger partial charge in [0.15, 0.2) is 0 Å². The summed E-state index contributed by atoms with van der Waals surface area (Å²) in [6, 6.07) is -0.724. The summed E-state index contributed by atoms with van der Waals surface area (Å²) < 4.78 is 9.69. The number of hydrogen-bond donors (Lipinski definition) is 1. The zero-order chi connectivity index (χ0) is 17.3. The first-order chi connectivity index (χ1) is 11.2. The molecular formula is C18H33NO4. The van der Waals surface area contributed by atoms with Gasteiger partial charge in [-0.05, 0) is 12.8 Å². The van der Waals surface area contributed by atoms with Gasteiger partial charge in [-0.1, -0.05) is 64.4 Å². The molecule has 0 aliphatic heterocycles. The molecule has 134 valence electrons. The lowest BCUT2D eigenvalue weighted by atomic mass is 10.1. The van der Waals surface area contributed by atoms with Crippen molar-refractivity contribution in [1.82, 2.24) is 5.32 Å². The molecule has 0 aromatic carbocycles. The number of esters is 1. The van der Waals surface area contributed by atoms with Crippen LogP contribution in [-0.2, 0) is 14.3 Å². The van der Waals surface area contributed by atoms with E-state index in [2.05, 4.69) is 23.6 Å². The van der Waals surface area contributed by atoms with E-state index in [0.717, 1.165) is 12.8 Å². The summed E-state index contributed by atoms with van der Waals surface area (Å²) in [6.07, 6.45) is 12.2. The van der Waals surface area contributed by atoms with Gasteiger partial charge in [-0.2, -0.15) is 0 Å². The number of hydrogen-bond acceptors (Lipinski definition) is 4. The molecular weight excluding hydrogens is 294 g/mol. The SMILES string of the molecule is C=CCC(NC(=O)OC)C(=O)OCCCCCCCCCCC. The summed E-state index contributed by atoms with van der Waals surface area (Å²) in [5.74, 6) is -0.435. The quantitative estimate of drug-likeness (QED) is 0.292. The molecule has 0 aliphatic carbocycles. The monoisotopic (exact) mass is 327 g/mol. The molecule has 0 bridgehead atoms. The van der Waals surface area contributed by atoms with Crippen molar-refractivity contribution in [2.24, 2.45) is 0 Å². The third-order valence-electron chi connectivity index (χ3n) is 3.66. The minimum Gasteiger partial charge on any atom is -0.464 e. The van der Waals surface area contributed by atoms with Crippen molar-refractivity contribution in [3.63, 3.8) is 0 Å². The highest BCUT2D eigenvalue weighted by molar-refractivity contribution is 5.81. The summed E-state index contributed by atoms with van der Waals surface area (Å²) in [5.41, 5.74) is 0. The van der Waals surface area contributed by atoms with E-state index in [-0.39, 0.29) is 0 Å². The fourth-order valence-corrected chi connectivity index (χ4v) is 2.27. The molecule has 0 aliphatic rings. The maximum atomic E-state index is 11.9. The van der Waals surface area contributed by atoms with E-state index < -0.39 is 18.1 Å². The van der Waals surface area contributed by atoms with Crippen LogP contribution < -0.4 is 5.32 Å². The molecule has 1 atom stereocenters. The number of amides is 1. The van der Waals surface area contributed by atoms with Crippen molar-refractivity contribution in [1.29, 1.82) is 0 Å². The largest absolute Gasteiger partial charge is 0.464 e. The fourth-order valence-electron chi connectivity index (χ4n) is 2.27. The van der Waals surface area contributed by atoms with Crippen molar-refractivity contribution in [2.45, 2.75) is 77.2 Å². The molecule has 0 saturated heterocycles. The van der Waals surface area contributed by atoms with E-state index in [1.165, 1.54) is 52.1 Å². The smallest absolute Gasteiger partial charge is 0.407 e. The topological polar surface area (TPSA) is 64.6 Å². The second kappa shape index (κ2) is 15.4. The maximum Gasteiger partial charge on any atom is 0.407 e. The number of rotatable bonds is 14. The van der Waals surface area contributed by atoms with Gasteiger partial charge in [-0.3, -0.25) is 0 Å². The van der Waals surface area contributed by atoms with Crippen LogP contribution in [0, 0.1) is 0 Å². The van der Waals surface area contributed by atoms with Crippen LogP contribution in [0.4, 0.5) is 4.79 Å². The first-order valence-electron chi connectivity index (χ1n) is 8.77. The Balaban J connectivity index is 3.66. The van der Waals surface area contributed by atoms with Crippen molar-refractivity contribution in [3.8, 4) is 0 Å². The van der Waals surface area contributed by atoms with Gasteiger partial charge in [-0.15, -0.1) is 6.58 Å². The molecule has 0 rings (SSSR count). The number of ether oxygens (including phenoxy) is 2. The molecule has 0 spiro atoms. The predicted octanol–water partition coefficient (Wildman–Crippen LogP) is 4.36. The molecule has 1 unspecified atom stereocenters. The average molecular weight is 327 g/mol. The average Bonchev–Trinajstić information content (AvgIpc) is 2.55. The van der Waals surface area contributed by atoms with Gasteiger partial charge in [0.25, 0.3) is 0 Å². The Bertz CT molecular complexity index is 331. The van der Waals surface area contributed by atoms with E-state index in [1.807, 2.05) is 0 Å². The molecule has 1 N–H and O–H groups in total. The molecule has 0 heterocycles. The lowest BCUT2D eigenvalue weighted by molar-refractivity contribution is -0.146. The second-order valence-electron chi connectivity index (χ2n) is 5.71. The molecule has 0 radical (unpaired) electrons. The van der Waals surface area contributed by atoms with Crippen LogP contribution in [0.15, 0.2) is 12.7 Å². The zero-order valence-corrected chi connectivity index (χ0v) is 14.8. The molecule has 5 nitrogen and oxygen atoms in total. The first kappa shape index (κ1) is 21.5.